The zero-order chi connectivity index (χ0) is 12.3. The molecule has 5 nitrogen and oxygen atoms in total. The average molecular weight is 243 g/mol. The lowest BCUT2D eigenvalue weighted by molar-refractivity contribution is -0.130. The summed E-state index contributed by atoms with van der Waals surface area (Å²) in [5.74, 6) is -1.09. The molecule has 1 heterocycles. The number of carbonyl (C=O) groups is 2. The molecule has 2 N–H and O–H groups in total. The number of hydrogen-bond donors (Lipinski definition) is 2. The van der Waals surface area contributed by atoms with E-state index in [1.54, 1.807) is 11.4 Å². The number of esters is 1. The molecule has 0 spiro atoms. The van der Waals surface area contributed by atoms with Crippen LogP contribution in [0.4, 0.5) is 5.69 Å². The van der Waals surface area contributed by atoms with Gasteiger partial charge in [0, 0.05) is 0 Å². The Morgan fingerprint density at radius 2 is 2.12 bits per heavy atom. The molecule has 0 saturated carbocycles. The Bertz CT molecular complexity index is 405. The number of ether oxygens (including phenoxy) is 1. The number of thiophene rings is 1. The van der Waals surface area contributed by atoms with E-state index in [1.807, 2.05) is 0 Å². The third kappa shape index (κ3) is 2.80. The summed E-state index contributed by atoms with van der Waals surface area (Å²) >= 11 is 1.16. The van der Waals surface area contributed by atoms with Gasteiger partial charge in [0.1, 0.15) is 10.5 Å². The van der Waals surface area contributed by atoms with Gasteiger partial charge >= 0.3 is 5.97 Å². The predicted molar refractivity (Wildman–Crippen MR) is 60.6 cm³/mol. The van der Waals surface area contributed by atoms with Crippen molar-refractivity contribution in [1.29, 1.82) is 0 Å². The normalized spacial score (nSPS) is 11.0. The van der Waals surface area contributed by atoms with Crippen molar-refractivity contribution in [2.24, 2.45) is 0 Å². The topological polar surface area (TPSA) is 75.6 Å². The van der Waals surface area contributed by atoms with Crippen molar-refractivity contribution in [3.8, 4) is 0 Å². The molecule has 0 saturated heterocycles. The zero-order valence-corrected chi connectivity index (χ0v) is 10.1. The molecule has 6 heteroatoms. The molecule has 1 rings (SSSR count). The van der Waals surface area contributed by atoms with Crippen molar-refractivity contribution in [1.82, 2.24) is 0 Å². The monoisotopic (exact) mass is 243 g/mol. The predicted octanol–water partition coefficient (Wildman–Crippen LogP) is 1.24. The molecule has 1 aromatic rings. The van der Waals surface area contributed by atoms with Gasteiger partial charge in [-0.05, 0) is 25.3 Å². The summed E-state index contributed by atoms with van der Waals surface area (Å²) in [6.07, 6.45) is 0. The first-order valence-electron chi connectivity index (χ1n) is 4.56. The van der Waals surface area contributed by atoms with Crippen LogP contribution < -0.4 is 5.32 Å². The molecule has 88 valence electrons. The standard InChI is InChI=1S/C10H13NO4S/c1-10(2,14)9(13)11-6-4-5-16-7(6)8(12)15-3/h4-5,14H,1-3H3,(H,11,13). The van der Waals surface area contributed by atoms with Gasteiger partial charge in [-0.15, -0.1) is 11.3 Å². The minimum absolute atomic E-state index is 0.306. The first-order chi connectivity index (χ1) is 7.36. The van der Waals surface area contributed by atoms with Gasteiger partial charge in [0.25, 0.3) is 5.91 Å². The SMILES string of the molecule is COC(=O)c1sccc1NC(=O)C(C)(C)O. The van der Waals surface area contributed by atoms with Crippen molar-refractivity contribution in [2.45, 2.75) is 19.4 Å². The highest BCUT2D eigenvalue weighted by molar-refractivity contribution is 7.12. The highest BCUT2D eigenvalue weighted by Crippen LogP contribution is 2.23. The molecule has 16 heavy (non-hydrogen) atoms. The number of methoxy groups -OCH3 is 1. The number of aliphatic hydroxyl groups is 1. The van der Waals surface area contributed by atoms with E-state index in [2.05, 4.69) is 10.1 Å². The number of anilines is 1. The maximum atomic E-state index is 11.5. The zero-order valence-electron chi connectivity index (χ0n) is 9.23. The van der Waals surface area contributed by atoms with Gasteiger partial charge in [-0.25, -0.2) is 4.79 Å². The second-order valence-corrected chi connectivity index (χ2v) is 4.58. The number of hydrogen-bond acceptors (Lipinski definition) is 5. The van der Waals surface area contributed by atoms with Crippen molar-refractivity contribution < 1.29 is 19.4 Å². The van der Waals surface area contributed by atoms with Crippen molar-refractivity contribution in [3.05, 3.63) is 16.3 Å². The molecular formula is C10H13NO4S. The van der Waals surface area contributed by atoms with Gasteiger partial charge in [0.05, 0.1) is 12.8 Å². The van der Waals surface area contributed by atoms with E-state index in [1.165, 1.54) is 21.0 Å². The highest BCUT2D eigenvalue weighted by Gasteiger charge is 2.25. The van der Waals surface area contributed by atoms with Crippen LogP contribution in [-0.2, 0) is 9.53 Å². The number of rotatable bonds is 3. The van der Waals surface area contributed by atoms with Crippen LogP contribution in [0.25, 0.3) is 0 Å². The molecule has 0 unspecified atom stereocenters. The quantitative estimate of drug-likeness (QED) is 0.783. The minimum Gasteiger partial charge on any atom is -0.465 e. The van der Waals surface area contributed by atoms with Crippen LogP contribution in [0.1, 0.15) is 23.5 Å². The lowest BCUT2D eigenvalue weighted by Crippen LogP contribution is -2.36. The van der Waals surface area contributed by atoms with Crippen LogP contribution in [0, 0.1) is 0 Å². The summed E-state index contributed by atoms with van der Waals surface area (Å²) in [7, 11) is 1.27. The molecule has 0 fully saturated rings. The Hall–Kier alpha value is -1.40. The molecule has 0 aliphatic carbocycles. The van der Waals surface area contributed by atoms with Gasteiger partial charge in [-0.2, -0.15) is 0 Å². The Kier molecular flexibility index (Phi) is 3.66. The van der Waals surface area contributed by atoms with Crippen molar-refractivity contribution in [3.63, 3.8) is 0 Å². The molecule has 0 aromatic carbocycles. The van der Waals surface area contributed by atoms with Gasteiger partial charge in [-0.3, -0.25) is 4.79 Å². The van der Waals surface area contributed by atoms with Gasteiger partial charge < -0.3 is 15.2 Å². The van der Waals surface area contributed by atoms with E-state index in [-0.39, 0.29) is 0 Å². The lowest BCUT2D eigenvalue weighted by atomic mass is 10.1. The Morgan fingerprint density at radius 1 is 1.50 bits per heavy atom. The summed E-state index contributed by atoms with van der Waals surface area (Å²) in [4.78, 5) is 23.1. The van der Waals surface area contributed by atoms with Crippen LogP contribution in [0.3, 0.4) is 0 Å². The van der Waals surface area contributed by atoms with Crippen LogP contribution >= 0.6 is 11.3 Å². The van der Waals surface area contributed by atoms with Crippen molar-refractivity contribution in [2.75, 3.05) is 12.4 Å². The summed E-state index contributed by atoms with van der Waals surface area (Å²) in [6, 6.07) is 1.58. The van der Waals surface area contributed by atoms with E-state index in [4.69, 9.17) is 0 Å². The summed E-state index contributed by atoms with van der Waals surface area (Å²) in [6.45, 7) is 2.74. The molecule has 0 radical (unpaired) electrons. The van der Waals surface area contributed by atoms with E-state index >= 15 is 0 Å². The average Bonchev–Trinajstić information content (AvgIpc) is 2.63. The van der Waals surface area contributed by atoms with E-state index in [9.17, 15) is 14.7 Å². The molecule has 0 bridgehead atoms. The number of carbonyl (C=O) groups excluding carboxylic acids is 2. The van der Waals surface area contributed by atoms with Crippen molar-refractivity contribution >= 4 is 28.9 Å². The maximum absolute atomic E-state index is 11.5. The maximum Gasteiger partial charge on any atom is 0.350 e. The molecule has 1 amide bonds. The van der Waals surface area contributed by atoms with Gasteiger partial charge in [-0.1, -0.05) is 0 Å². The van der Waals surface area contributed by atoms with E-state index in [0.717, 1.165) is 11.3 Å². The summed E-state index contributed by atoms with van der Waals surface area (Å²) in [5.41, 5.74) is -1.14. The fraction of sp³-hybridized carbons (Fsp3) is 0.400. The molecule has 1 aromatic heterocycles. The first-order valence-corrected chi connectivity index (χ1v) is 5.44. The largest absolute Gasteiger partial charge is 0.465 e. The third-order valence-electron chi connectivity index (χ3n) is 1.84. The van der Waals surface area contributed by atoms with E-state index in [0.29, 0.717) is 10.6 Å². The molecule has 0 aliphatic heterocycles. The number of amides is 1. The van der Waals surface area contributed by atoms with E-state index < -0.39 is 17.5 Å². The fourth-order valence-electron chi connectivity index (χ4n) is 0.934. The highest BCUT2D eigenvalue weighted by atomic mass is 32.1. The van der Waals surface area contributed by atoms with Crippen LogP contribution in [-0.4, -0.2) is 29.7 Å². The second-order valence-electron chi connectivity index (χ2n) is 3.67. The van der Waals surface area contributed by atoms with Crippen LogP contribution in [0.5, 0.6) is 0 Å². The van der Waals surface area contributed by atoms with Crippen LogP contribution in [0.2, 0.25) is 0 Å². The number of nitrogens with one attached hydrogen (secondary N) is 1. The van der Waals surface area contributed by atoms with Gasteiger partial charge in [0.2, 0.25) is 0 Å². The smallest absolute Gasteiger partial charge is 0.350 e. The minimum atomic E-state index is -1.49. The Balaban J connectivity index is 2.87. The molecule has 0 aliphatic rings. The second kappa shape index (κ2) is 4.63. The summed E-state index contributed by atoms with van der Waals surface area (Å²) in [5, 5.41) is 13.6. The first kappa shape index (κ1) is 12.7. The molecular weight excluding hydrogens is 230 g/mol. The molecule has 0 atom stereocenters. The Morgan fingerprint density at radius 3 is 2.62 bits per heavy atom. The fourth-order valence-corrected chi connectivity index (χ4v) is 1.70. The lowest BCUT2D eigenvalue weighted by Gasteiger charge is -2.16. The Labute approximate surface area is 97.0 Å². The van der Waals surface area contributed by atoms with Gasteiger partial charge in [0.15, 0.2) is 0 Å². The summed E-state index contributed by atoms with van der Waals surface area (Å²) < 4.78 is 4.56. The third-order valence-corrected chi connectivity index (χ3v) is 2.73. The van der Waals surface area contributed by atoms with Crippen LogP contribution in [0.15, 0.2) is 11.4 Å².